The van der Waals surface area contributed by atoms with Crippen LogP contribution in [0.4, 0.5) is 5.69 Å². The highest BCUT2D eigenvalue weighted by molar-refractivity contribution is 6.30. The Labute approximate surface area is 201 Å². The molecular formula is C24H22ClN7O2. The van der Waals surface area contributed by atoms with Gasteiger partial charge in [-0.15, -0.1) is 0 Å². The Balaban J connectivity index is 1.10. The zero-order valence-electron chi connectivity index (χ0n) is 18.3. The van der Waals surface area contributed by atoms with Crippen molar-refractivity contribution in [1.29, 1.82) is 0 Å². The van der Waals surface area contributed by atoms with E-state index >= 15 is 0 Å². The summed E-state index contributed by atoms with van der Waals surface area (Å²) in [4.78, 5) is 30.4. The summed E-state index contributed by atoms with van der Waals surface area (Å²) in [6.45, 7) is 2.78. The predicted octanol–water partition coefficient (Wildman–Crippen LogP) is 3.81. The Bertz CT molecular complexity index is 1300. The van der Waals surface area contributed by atoms with Crippen LogP contribution in [0.2, 0.25) is 5.02 Å². The van der Waals surface area contributed by atoms with Crippen molar-refractivity contribution in [3.63, 3.8) is 0 Å². The lowest BCUT2D eigenvalue weighted by Crippen LogP contribution is -2.48. The monoisotopic (exact) mass is 475 g/mol. The van der Waals surface area contributed by atoms with Gasteiger partial charge in [0.05, 0.1) is 5.56 Å². The normalized spacial score (nSPS) is 16.1. The van der Waals surface area contributed by atoms with E-state index in [4.69, 9.17) is 16.1 Å². The first kappa shape index (κ1) is 20.9. The van der Waals surface area contributed by atoms with Gasteiger partial charge in [0.25, 0.3) is 11.8 Å². The van der Waals surface area contributed by atoms with Crippen molar-refractivity contribution < 1.29 is 9.32 Å². The number of carbonyl (C=O) groups excluding carboxylic acids is 1. The molecule has 4 heterocycles. The quantitative estimate of drug-likeness (QED) is 0.433. The third kappa shape index (κ3) is 4.14. The van der Waals surface area contributed by atoms with Crippen molar-refractivity contribution >= 4 is 23.2 Å². The molecule has 2 fully saturated rings. The van der Waals surface area contributed by atoms with Crippen LogP contribution in [0.15, 0.2) is 59.6 Å². The maximum atomic E-state index is 13.0. The van der Waals surface area contributed by atoms with Gasteiger partial charge in [0.15, 0.2) is 5.82 Å². The summed E-state index contributed by atoms with van der Waals surface area (Å²) >= 11 is 5.98. The van der Waals surface area contributed by atoms with Crippen LogP contribution < -0.4 is 4.90 Å². The van der Waals surface area contributed by atoms with Crippen molar-refractivity contribution in [2.45, 2.75) is 18.8 Å². The fourth-order valence-electron chi connectivity index (χ4n) is 4.06. The highest BCUT2D eigenvalue weighted by atomic mass is 35.5. The van der Waals surface area contributed by atoms with Crippen molar-refractivity contribution in [1.82, 2.24) is 29.6 Å². The molecule has 0 bridgehead atoms. The van der Waals surface area contributed by atoms with Crippen LogP contribution in [0, 0.1) is 0 Å². The van der Waals surface area contributed by atoms with Crippen LogP contribution in [0.25, 0.3) is 17.3 Å². The van der Waals surface area contributed by atoms with Gasteiger partial charge in [0, 0.05) is 55.2 Å². The number of rotatable bonds is 5. The number of halogens is 1. The summed E-state index contributed by atoms with van der Waals surface area (Å²) < 4.78 is 7.10. The maximum Gasteiger partial charge on any atom is 0.274 e. The van der Waals surface area contributed by atoms with Crippen molar-refractivity contribution in [3.05, 3.63) is 71.7 Å². The number of imidazole rings is 1. The second-order valence-electron chi connectivity index (χ2n) is 8.56. The van der Waals surface area contributed by atoms with Crippen LogP contribution >= 0.6 is 11.6 Å². The van der Waals surface area contributed by atoms with E-state index in [0.717, 1.165) is 48.0 Å². The molecule has 34 heavy (non-hydrogen) atoms. The number of aromatic nitrogens is 5. The summed E-state index contributed by atoms with van der Waals surface area (Å²) in [6, 6.07) is 11.5. The van der Waals surface area contributed by atoms with E-state index in [1.807, 2.05) is 41.3 Å². The summed E-state index contributed by atoms with van der Waals surface area (Å²) in [5, 5.41) is 4.77. The molecule has 172 valence electrons. The molecule has 1 amide bonds. The van der Waals surface area contributed by atoms with E-state index in [0.29, 0.717) is 36.4 Å². The molecule has 9 nitrogen and oxygen atoms in total. The standard InChI is InChI=1S/C24H22ClN7O2/c25-18-4-6-19(7-5-18)30-9-11-31(12-10-30)24(33)20-14-32(15-27-20)21-8-3-17(13-26-21)23-28-22(29-34-23)16-1-2-16/h3-8,13-16H,1-2,9-12H2. The second kappa shape index (κ2) is 8.57. The number of carbonyl (C=O) groups is 1. The average Bonchev–Trinajstić information content (AvgIpc) is 3.40. The molecule has 0 unspecified atom stereocenters. The van der Waals surface area contributed by atoms with Gasteiger partial charge in [-0.25, -0.2) is 9.97 Å². The highest BCUT2D eigenvalue weighted by Gasteiger charge is 2.29. The molecule has 2 aliphatic rings. The molecule has 6 rings (SSSR count). The smallest absolute Gasteiger partial charge is 0.274 e. The van der Waals surface area contributed by atoms with Crippen LogP contribution in [-0.2, 0) is 0 Å². The SMILES string of the molecule is O=C(c1cn(-c2ccc(-c3nc(C4CC4)no3)cn2)cn1)N1CCN(c2ccc(Cl)cc2)CC1. The van der Waals surface area contributed by atoms with Crippen LogP contribution in [0.1, 0.15) is 35.1 Å². The number of anilines is 1. The molecule has 10 heteroatoms. The minimum atomic E-state index is -0.0791. The fraction of sp³-hybridized carbons (Fsp3) is 0.292. The van der Waals surface area contributed by atoms with E-state index in [-0.39, 0.29) is 5.91 Å². The van der Waals surface area contributed by atoms with E-state index in [1.165, 1.54) is 0 Å². The Morgan fingerprint density at radius 1 is 1.00 bits per heavy atom. The number of amides is 1. The highest BCUT2D eigenvalue weighted by Crippen LogP contribution is 2.38. The molecule has 0 spiro atoms. The van der Waals surface area contributed by atoms with E-state index in [9.17, 15) is 4.79 Å². The molecule has 4 aromatic rings. The third-order valence-electron chi connectivity index (χ3n) is 6.20. The summed E-state index contributed by atoms with van der Waals surface area (Å²) in [6.07, 6.45) is 7.26. The van der Waals surface area contributed by atoms with Gasteiger partial charge in [-0.1, -0.05) is 16.8 Å². The number of piperazine rings is 1. The van der Waals surface area contributed by atoms with Crippen molar-refractivity contribution in [2.75, 3.05) is 31.1 Å². The first-order chi connectivity index (χ1) is 16.6. The Morgan fingerprint density at radius 2 is 1.79 bits per heavy atom. The van der Waals surface area contributed by atoms with Gasteiger partial charge >= 0.3 is 0 Å². The van der Waals surface area contributed by atoms with E-state index in [2.05, 4.69) is 25.0 Å². The lowest BCUT2D eigenvalue weighted by Gasteiger charge is -2.35. The Morgan fingerprint density at radius 3 is 2.50 bits per heavy atom. The van der Waals surface area contributed by atoms with Gasteiger partial charge in [-0.3, -0.25) is 9.36 Å². The number of hydrogen-bond acceptors (Lipinski definition) is 7. The molecule has 0 atom stereocenters. The lowest BCUT2D eigenvalue weighted by atomic mass is 10.2. The average molecular weight is 476 g/mol. The molecule has 0 N–H and O–H groups in total. The lowest BCUT2D eigenvalue weighted by molar-refractivity contribution is 0.0741. The first-order valence-electron chi connectivity index (χ1n) is 11.3. The molecule has 1 saturated carbocycles. The topological polar surface area (TPSA) is 93.2 Å². The Kier molecular flexibility index (Phi) is 5.26. The van der Waals surface area contributed by atoms with Crippen molar-refractivity contribution in [2.24, 2.45) is 0 Å². The molecule has 1 aliphatic heterocycles. The molecule has 3 aromatic heterocycles. The van der Waals surface area contributed by atoms with Gasteiger partial charge in [-0.05, 0) is 49.2 Å². The van der Waals surface area contributed by atoms with Crippen LogP contribution in [0.5, 0.6) is 0 Å². The van der Waals surface area contributed by atoms with Gasteiger partial charge in [0.1, 0.15) is 17.8 Å². The zero-order valence-corrected chi connectivity index (χ0v) is 19.1. The van der Waals surface area contributed by atoms with Crippen LogP contribution in [-0.4, -0.2) is 61.7 Å². The predicted molar refractivity (Wildman–Crippen MR) is 126 cm³/mol. The van der Waals surface area contributed by atoms with Gasteiger partial charge in [-0.2, -0.15) is 4.98 Å². The minimum absolute atomic E-state index is 0.0791. The van der Waals surface area contributed by atoms with Gasteiger partial charge < -0.3 is 14.3 Å². The van der Waals surface area contributed by atoms with Crippen LogP contribution in [0.3, 0.4) is 0 Å². The zero-order chi connectivity index (χ0) is 23.1. The second-order valence-corrected chi connectivity index (χ2v) is 9.00. The number of pyridine rings is 1. The third-order valence-corrected chi connectivity index (χ3v) is 6.46. The number of hydrogen-bond donors (Lipinski definition) is 0. The molecular weight excluding hydrogens is 454 g/mol. The first-order valence-corrected chi connectivity index (χ1v) is 11.7. The number of nitrogens with zero attached hydrogens (tertiary/aromatic N) is 7. The van der Waals surface area contributed by atoms with E-state index < -0.39 is 0 Å². The molecule has 0 radical (unpaired) electrons. The molecule has 1 aliphatic carbocycles. The molecule has 1 saturated heterocycles. The summed E-state index contributed by atoms with van der Waals surface area (Å²) in [7, 11) is 0. The van der Waals surface area contributed by atoms with Crippen molar-refractivity contribution in [3.8, 4) is 17.3 Å². The van der Waals surface area contributed by atoms with E-state index in [1.54, 1.807) is 23.3 Å². The minimum Gasteiger partial charge on any atom is -0.368 e. The van der Waals surface area contributed by atoms with Gasteiger partial charge in [0.2, 0.25) is 0 Å². The fourth-order valence-corrected chi connectivity index (χ4v) is 4.19. The molecule has 1 aromatic carbocycles. The maximum absolute atomic E-state index is 13.0. The summed E-state index contributed by atoms with van der Waals surface area (Å²) in [5.41, 5.74) is 2.27. The Hall–Kier alpha value is -3.72. The largest absolute Gasteiger partial charge is 0.368 e. The summed E-state index contributed by atoms with van der Waals surface area (Å²) in [5.74, 6) is 2.26. The number of benzene rings is 1.